The Bertz CT molecular complexity index is 2010. The van der Waals surface area contributed by atoms with Crippen molar-refractivity contribution in [3.05, 3.63) is 142 Å². The van der Waals surface area contributed by atoms with Crippen molar-refractivity contribution in [2.45, 2.75) is 149 Å². The van der Waals surface area contributed by atoms with Crippen molar-refractivity contribution >= 4 is 0 Å². The molecule has 8 heteroatoms. The van der Waals surface area contributed by atoms with Gasteiger partial charge in [0.05, 0.1) is 6.20 Å². The Balaban J connectivity index is 0.000000385. The number of rotatable bonds is 12. The van der Waals surface area contributed by atoms with Gasteiger partial charge in [0.2, 0.25) is 0 Å². The van der Waals surface area contributed by atoms with Crippen LogP contribution in [0.15, 0.2) is 86.1 Å². The Morgan fingerprint density at radius 3 is 1.53 bits per heavy atom. The highest BCUT2D eigenvalue weighted by molar-refractivity contribution is 5.29. The SMILES string of the molecule is CC(C)Cc1cccn1C.CC(C)Cc1ccn(C)c1.CC(C)Cc1ccnn1C.CC(C)Cc1cnn(C)c1.Cc1cnc(CC(C)C)cc1C.Cc1cncc(CC(C)C)c1C. The summed E-state index contributed by atoms with van der Waals surface area (Å²) in [6.45, 7) is 35.3. The monoisotopic (exact) mass is 877 g/mol. The molecular weight excluding hydrogens is 785 g/mol. The summed E-state index contributed by atoms with van der Waals surface area (Å²) in [4.78, 5) is 8.58. The second-order valence-corrected chi connectivity index (χ2v) is 20.4. The van der Waals surface area contributed by atoms with E-state index in [1.165, 1.54) is 68.9 Å². The molecule has 6 aromatic heterocycles. The molecule has 0 radical (unpaired) electrons. The molecule has 6 rings (SSSR count). The van der Waals surface area contributed by atoms with Gasteiger partial charge in [-0.3, -0.25) is 19.3 Å². The first-order chi connectivity index (χ1) is 30.0. The topological polar surface area (TPSA) is 71.3 Å². The Labute approximate surface area is 392 Å². The highest BCUT2D eigenvalue weighted by Crippen LogP contribution is 2.15. The third-order valence-electron chi connectivity index (χ3n) is 10.4. The fourth-order valence-electron chi connectivity index (χ4n) is 6.89. The molecule has 0 N–H and O–H groups in total. The zero-order valence-corrected chi connectivity index (χ0v) is 44.4. The van der Waals surface area contributed by atoms with Crippen LogP contribution in [0, 0.1) is 63.2 Å². The molecule has 0 spiro atoms. The number of aromatic nitrogens is 8. The smallest absolute Gasteiger partial charge is 0.0521 e. The minimum atomic E-state index is 0.694. The fourth-order valence-corrected chi connectivity index (χ4v) is 6.89. The molecule has 0 unspecified atom stereocenters. The first kappa shape index (κ1) is 57.3. The van der Waals surface area contributed by atoms with Crippen LogP contribution < -0.4 is 0 Å². The average Bonchev–Trinajstić information content (AvgIpc) is 3.99. The van der Waals surface area contributed by atoms with Crippen molar-refractivity contribution in [3.63, 3.8) is 0 Å². The summed E-state index contributed by atoms with van der Waals surface area (Å²) in [5, 5.41) is 8.17. The lowest BCUT2D eigenvalue weighted by atomic mass is 9.98. The van der Waals surface area contributed by atoms with E-state index >= 15 is 0 Å². The van der Waals surface area contributed by atoms with E-state index in [1.54, 1.807) is 0 Å². The van der Waals surface area contributed by atoms with Gasteiger partial charge in [-0.25, -0.2) is 0 Å². The molecular formula is C56H92N8. The van der Waals surface area contributed by atoms with Crippen LogP contribution in [0.2, 0.25) is 0 Å². The number of nitrogens with zero attached hydrogens (tertiary/aromatic N) is 8. The van der Waals surface area contributed by atoms with Crippen molar-refractivity contribution in [1.82, 2.24) is 38.7 Å². The molecule has 64 heavy (non-hydrogen) atoms. The van der Waals surface area contributed by atoms with E-state index in [9.17, 15) is 0 Å². The Morgan fingerprint density at radius 2 is 1.08 bits per heavy atom. The zero-order valence-electron chi connectivity index (χ0n) is 44.4. The van der Waals surface area contributed by atoms with Gasteiger partial charge in [0.15, 0.2) is 0 Å². The second-order valence-electron chi connectivity index (χ2n) is 20.4. The van der Waals surface area contributed by atoms with Gasteiger partial charge < -0.3 is 9.13 Å². The van der Waals surface area contributed by atoms with Crippen molar-refractivity contribution in [1.29, 1.82) is 0 Å². The molecule has 0 amide bonds. The molecule has 0 saturated carbocycles. The first-order valence-corrected chi connectivity index (χ1v) is 23.9. The third-order valence-corrected chi connectivity index (χ3v) is 10.4. The molecule has 6 aromatic rings. The fraction of sp³-hybridized carbons (Fsp3) is 0.571. The first-order valence-electron chi connectivity index (χ1n) is 23.9. The summed E-state index contributed by atoms with van der Waals surface area (Å²) in [6.07, 6.45) is 25.0. The van der Waals surface area contributed by atoms with Gasteiger partial charge >= 0.3 is 0 Å². The molecule has 0 bridgehead atoms. The van der Waals surface area contributed by atoms with E-state index in [2.05, 4.69) is 209 Å². The summed E-state index contributed by atoms with van der Waals surface area (Å²) < 4.78 is 8.05. The Morgan fingerprint density at radius 1 is 0.500 bits per heavy atom. The third kappa shape index (κ3) is 25.5. The lowest BCUT2D eigenvalue weighted by Crippen LogP contribution is -2.01. The van der Waals surface area contributed by atoms with Crippen molar-refractivity contribution in [2.75, 3.05) is 0 Å². The van der Waals surface area contributed by atoms with Gasteiger partial charge in [0.1, 0.15) is 0 Å². The van der Waals surface area contributed by atoms with Crippen LogP contribution in [0.1, 0.15) is 139 Å². The molecule has 0 aliphatic carbocycles. The predicted octanol–water partition coefficient (Wildman–Crippen LogP) is 13.5. The predicted molar refractivity (Wildman–Crippen MR) is 276 cm³/mol. The van der Waals surface area contributed by atoms with Gasteiger partial charge in [-0.15, -0.1) is 0 Å². The molecule has 0 aliphatic heterocycles. The van der Waals surface area contributed by atoms with Crippen LogP contribution in [0.5, 0.6) is 0 Å². The van der Waals surface area contributed by atoms with Gasteiger partial charge in [-0.2, -0.15) is 10.2 Å². The van der Waals surface area contributed by atoms with E-state index in [4.69, 9.17) is 0 Å². The lowest BCUT2D eigenvalue weighted by Gasteiger charge is -2.09. The standard InChI is InChI=1S/2C11H17N.2C9H15N.2C8H14N2/c1-8(2)5-11-7-12-6-9(3)10(11)4;1-8(2)5-11-6-9(3)10(4)7-12-11;1-8(2)6-9-4-5-10(3)7-9;1-8(2)7-9-5-4-6-10(9)3;1-7(2)4-8-5-9-10(3)6-8;1-7(2)6-8-4-5-9-10(8)3/h2*6-8H,5H2,1-4H3;4-5,7-8H,6H2,1-3H3;4-6,8H,7H2,1-3H3;5-7H,4H2,1-3H3;4-5,7H,6H2,1-3H3. The van der Waals surface area contributed by atoms with Crippen LogP contribution in [-0.2, 0) is 66.7 Å². The molecule has 0 atom stereocenters. The summed E-state index contributed by atoms with van der Waals surface area (Å²) in [7, 11) is 8.09. The molecule has 0 aliphatic rings. The van der Waals surface area contributed by atoms with Crippen molar-refractivity contribution < 1.29 is 0 Å². The number of pyridine rings is 2. The van der Waals surface area contributed by atoms with E-state index in [0.29, 0.717) is 11.8 Å². The molecule has 0 saturated heterocycles. The quantitative estimate of drug-likeness (QED) is 0.123. The minimum Gasteiger partial charge on any atom is -0.357 e. The highest BCUT2D eigenvalue weighted by atomic mass is 15.3. The lowest BCUT2D eigenvalue weighted by molar-refractivity contribution is 0.596. The van der Waals surface area contributed by atoms with E-state index in [-0.39, 0.29) is 0 Å². The van der Waals surface area contributed by atoms with E-state index in [0.717, 1.165) is 49.4 Å². The normalized spacial score (nSPS) is 10.8. The van der Waals surface area contributed by atoms with Gasteiger partial charge in [0.25, 0.3) is 0 Å². The molecule has 356 valence electrons. The van der Waals surface area contributed by atoms with Crippen molar-refractivity contribution in [2.24, 2.45) is 63.7 Å². The maximum Gasteiger partial charge on any atom is 0.0521 e. The number of aryl methyl sites for hydroxylation is 7. The van der Waals surface area contributed by atoms with Gasteiger partial charge in [0, 0.05) is 94.8 Å². The molecule has 8 nitrogen and oxygen atoms in total. The number of hydrogen-bond donors (Lipinski definition) is 0. The zero-order chi connectivity index (χ0) is 48.5. The minimum absolute atomic E-state index is 0.694. The largest absolute Gasteiger partial charge is 0.357 e. The summed E-state index contributed by atoms with van der Waals surface area (Å²) in [5.74, 6) is 4.38. The van der Waals surface area contributed by atoms with Crippen LogP contribution in [0.25, 0.3) is 0 Å². The van der Waals surface area contributed by atoms with Crippen LogP contribution in [0.4, 0.5) is 0 Å². The number of hydrogen-bond acceptors (Lipinski definition) is 4. The average molecular weight is 877 g/mol. The second kappa shape index (κ2) is 30.4. The molecule has 0 fully saturated rings. The summed E-state index contributed by atoms with van der Waals surface area (Å²) in [6, 6.07) is 10.7. The van der Waals surface area contributed by atoms with Crippen LogP contribution in [-0.4, -0.2) is 38.7 Å². The summed E-state index contributed by atoms with van der Waals surface area (Å²) >= 11 is 0. The van der Waals surface area contributed by atoms with E-state index in [1.807, 2.05) is 54.4 Å². The Hall–Kier alpha value is -4.72. The van der Waals surface area contributed by atoms with Gasteiger partial charge in [-0.05, 0) is 171 Å². The maximum atomic E-state index is 4.38. The van der Waals surface area contributed by atoms with Gasteiger partial charge in [-0.1, -0.05) is 83.1 Å². The van der Waals surface area contributed by atoms with E-state index < -0.39 is 0 Å². The van der Waals surface area contributed by atoms with Crippen molar-refractivity contribution in [3.8, 4) is 0 Å². The summed E-state index contributed by atoms with van der Waals surface area (Å²) in [5.41, 5.74) is 13.5. The Kier molecular flexibility index (Phi) is 27.2. The molecule has 6 heterocycles. The molecule has 0 aromatic carbocycles. The maximum absolute atomic E-state index is 4.38. The van der Waals surface area contributed by atoms with Crippen LogP contribution >= 0.6 is 0 Å². The van der Waals surface area contributed by atoms with Crippen LogP contribution in [0.3, 0.4) is 0 Å². The highest BCUT2D eigenvalue weighted by Gasteiger charge is 2.05.